The maximum atomic E-state index is 10.3. The number of nitrogens with zero attached hydrogens (tertiary/aromatic N) is 2. The third kappa shape index (κ3) is 3.37. The Balaban J connectivity index is 1.80. The molecule has 0 amide bonds. The lowest BCUT2D eigenvalue weighted by Gasteiger charge is -2.11. The molecule has 2 heterocycles. The van der Waals surface area contributed by atoms with Crippen molar-refractivity contribution >= 4 is 11.0 Å². The van der Waals surface area contributed by atoms with Crippen molar-refractivity contribution in [3.63, 3.8) is 0 Å². The SMILES string of the molecule is CCC[C@@H](O)c1cccc(-c2cnc3n[nH]c(-c4ccccc4OC)c3c2)c1. The quantitative estimate of drug-likeness (QED) is 0.491. The number of aromatic amines is 1. The van der Waals surface area contributed by atoms with Crippen LogP contribution in [0.3, 0.4) is 0 Å². The van der Waals surface area contributed by atoms with Gasteiger partial charge in [-0.05, 0) is 41.8 Å². The van der Waals surface area contributed by atoms with Gasteiger partial charge in [0.05, 0.1) is 18.9 Å². The monoisotopic (exact) mass is 373 g/mol. The molecule has 142 valence electrons. The van der Waals surface area contributed by atoms with Crippen LogP contribution in [0.4, 0.5) is 0 Å². The van der Waals surface area contributed by atoms with E-state index in [1.54, 1.807) is 7.11 Å². The molecule has 1 atom stereocenters. The number of aromatic nitrogens is 3. The third-order valence-corrected chi connectivity index (χ3v) is 4.95. The van der Waals surface area contributed by atoms with Crippen LogP contribution in [0.5, 0.6) is 5.75 Å². The Morgan fingerprint density at radius 2 is 1.93 bits per heavy atom. The van der Waals surface area contributed by atoms with Crippen LogP contribution >= 0.6 is 0 Å². The first-order valence-electron chi connectivity index (χ1n) is 9.47. The fourth-order valence-corrected chi connectivity index (χ4v) is 3.48. The summed E-state index contributed by atoms with van der Waals surface area (Å²) in [6.45, 7) is 2.07. The average Bonchev–Trinajstić information content (AvgIpc) is 3.17. The van der Waals surface area contributed by atoms with Crippen molar-refractivity contribution in [3.05, 3.63) is 66.4 Å². The highest BCUT2D eigenvalue weighted by Crippen LogP contribution is 2.34. The van der Waals surface area contributed by atoms with E-state index in [1.165, 1.54) is 0 Å². The van der Waals surface area contributed by atoms with E-state index in [1.807, 2.05) is 54.7 Å². The Morgan fingerprint density at radius 3 is 2.75 bits per heavy atom. The van der Waals surface area contributed by atoms with Gasteiger partial charge in [0.1, 0.15) is 5.75 Å². The predicted octanol–water partition coefficient (Wildman–Crippen LogP) is 5.13. The standard InChI is InChI=1S/C23H23N3O2/c1-3-7-20(27)16-9-6-8-15(12-16)17-13-19-22(25-26-23(19)24-14-17)18-10-4-5-11-21(18)28-2/h4-6,8-14,20,27H,3,7H2,1-2H3,(H,24,25,26)/t20-/m1/s1. The maximum absolute atomic E-state index is 10.3. The summed E-state index contributed by atoms with van der Waals surface area (Å²) in [6.07, 6.45) is 3.07. The van der Waals surface area contributed by atoms with Gasteiger partial charge in [-0.2, -0.15) is 5.10 Å². The minimum atomic E-state index is -0.445. The average molecular weight is 373 g/mol. The second-order valence-electron chi connectivity index (χ2n) is 6.82. The summed E-state index contributed by atoms with van der Waals surface area (Å²) >= 11 is 0. The Bertz CT molecular complexity index is 1100. The van der Waals surface area contributed by atoms with E-state index >= 15 is 0 Å². The zero-order chi connectivity index (χ0) is 19.5. The van der Waals surface area contributed by atoms with Gasteiger partial charge in [0, 0.05) is 22.7 Å². The molecule has 2 N–H and O–H groups in total. The zero-order valence-corrected chi connectivity index (χ0v) is 16.0. The smallest absolute Gasteiger partial charge is 0.181 e. The number of H-pyrrole nitrogens is 1. The largest absolute Gasteiger partial charge is 0.496 e. The normalized spacial score (nSPS) is 12.2. The van der Waals surface area contributed by atoms with Crippen molar-refractivity contribution in [2.45, 2.75) is 25.9 Å². The molecule has 0 saturated heterocycles. The van der Waals surface area contributed by atoms with Crippen LogP contribution in [0.2, 0.25) is 0 Å². The number of para-hydroxylation sites is 1. The molecule has 28 heavy (non-hydrogen) atoms. The van der Waals surface area contributed by atoms with Crippen molar-refractivity contribution in [3.8, 4) is 28.1 Å². The highest BCUT2D eigenvalue weighted by Gasteiger charge is 2.14. The molecule has 0 aliphatic carbocycles. The van der Waals surface area contributed by atoms with Crippen molar-refractivity contribution in [2.75, 3.05) is 7.11 Å². The fraction of sp³-hybridized carbons (Fsp3) is 0.217. The second-order valence-corrected chi connectivity index (χ2v) is 6.82. The molecule has 5 heteroatoms. The van der Waals surface area contributed by atoms with E-state index < -0.39 is 6.10 Å². The zero-order valence-electron chi connectivity index (χ0n) is 16.0. The van der Waals surface area contributed by atoms with Crippen LogP contribution in [0.15, 0.2) is 60.8 Å². The molecule has 0 aliphatic rings. The highest BCUT2D eigenvalue weighted by molar-refractivity contribution is 5.94. The molecule has 4 rings (SSSR count). The van der Waals surface area contributed by atoms with E-state index in [-0.39, 0.29) is 0 Å². The van der Waals surface area contributed by atoms with Gasteiger partial charge in [-0.1, -0.05) is 43.7 Å². The number of methoxy groups -OCH3 is 1. The summed E-state index contributed by atoms with van der Waals surface area (Å²) in [5.41, 5.74) is 5.41. The summed E-state index contributed by atoms with van der Waals surface area (Å²) in [7, 11) is 1.66. The lowest BCUT2D eigenvalue weighted by molar-refractivity contribution is 0.166. The molecule has 0 unspecified atom stereocenters. The Labute approximate surface area is 164 Å². The minimum Gasteiger partial charge on any atom is -0.496 e. The Kier molecular flexibility index (Phi) is 5.08. The number of aliphatic hydroxyl groups is 1. The number of rotatable bonds is 6. The first kappa shape index (κ1) is 18.2. The summed E-state index contributed by atoms with van der Waals surface area (Å²) in [5.74, 6) is 0.781. The van der Waals surface area contributed by atoms with Crippen LogP contribution < -0.4 is 4.74 Å². The van der Waals surface area contributed by atoms with Gasteiger partial charge in [-0.25, -0.2) is 4.98 Å². The van der Waals surface area contributed by atoms with E-state index in [2.05, 4.69) is 28.2 Å². The summed E-state index contributed by atoms with van der Waals surface area (Å²) < 4.78 is 5.50. The molecule has 4 aromatic rings. The Morgan fingerprint density at radius 1 is 1.07 bits per heavy atom. The molecule has 0 fully saturated rings. The molecular formula is C23H23N3O2. The number of nitrogens with one attached hydrogen (secondary N) is 1. The first-order valence-corrected chi connectivity index (χ1v) is 9.47. The van der Waals surface area contributed by atoms with E-state index in [0.29, 0.717) is 5.65 Å². The van der Waals surface area contributed by atoms with Crippen LogP contribution in [-0.4, -0.2) is 27.4 Å². The number of pyridine rings is 1. The van der Waals surface area contributed by atoms with Crippen LogP contribution in [0.25, 0.3) is 33.4 Å². The lowest BCUT2D eigenvalue weighted by atomic mass is 9.98. The van der Waals surface area contributed by atoms with Gasteiger partial charge in [0.2, 0.25) is 0 Å². The second kappa shape index (κ2) is 7.82. The van der Waals surface area contributed by atoms with E-state index in [9.17, 15) is 5.11 Å². The van der Waals surface area contributed by atoms with Gasteiger partial charge in [0.25, 0.3) is 0 Å². The molecule has 0 radical (unpaired) electrons. The van der Waals surface area contributed by atoms with Crippen molar-refractivity contribution < 1.29 is 9.84 Å². The van der Waals surface area contributed by atoms with Crippen molar-refractivity contribution in [1.29, 1.82) is 0 Å². The predicted molar refractivity (Wildman–Crippen MR) is 111 cm³/mol. The van der Waals surface area contributed by atoms with Gasteiger partial charge >= 0.3 is 0 Å². The minimum absolute atomic E-state index is 0.445. The molecule has 0 bridgehead atoms. The molecule has 5 nitrogen and oxygen atoms in total. The van der Waals surface area contributed by atoms with Crippen LogP contribution in [0, 0.1) is 0 Å². The molecule has 0 saturated carbocycles. The summed E-state index contributed by atoms with van der Waals surface area (Å²) in [4.78, 5) is 4.52. The number of hydrogen-bond donors (Lipinski definition) is 2. The van der Waals surface area contributed by atoms with Gasteiger partial charge in [-0.15, -0.1) is 0 Å². The summed E-state index contributed by atoms with van der Waals surface area (Å²) in [6, 6.07) is 17.9. The van der Waals surface area contributed by atoms with Crippen LogP contribution in [0.1, 0.15) is 31.4 Å². The molecular weight excluding hydrogens is 350 g/mol. The van der Waals surface area contributed by atoms with Gasteiger partial charge in [0.15, 0.2) is 5.65 Å². The van der Waals surface area contributed by atoms with Gasteiger partial charge < -0.3 is 9.84 Å². The summed E-state index contributed by atoms with van der Waals surface area (Å²) in [5, 5.41) is 18.7. The molecule has 0 spiro atoms. The van der Waals surface area contributed by atoms with Crippen molar-refractivity contribution in [2.24, 2.45) is 0 Å². The van der Waals surface area contributed by atoms with Gasteiger partial charge in [-0.3, -0.25) is 5.10 Å². The van der Waals surface area contributed by atoms with E-state index in [0.717, 1.165) is 51.9 Å². The lowest BCUT2D eigenvalue weighted by Crippen LogP contribution is -1.96. The first-order chi connectivity index (χ1) is 13.7. The number of hydrogen-bond acceptors (Lipinski definition) is 4. The molecule has 2 aromatic heterocycles. The van der Waals surface area contributed by atoms with Crippen molar-refractivity contribution in [1.82, 2.24) is 15.2 Å². The molecule has 0 aliphatic heterocycles. The maximum Gasteiger partial charge on any atom is 0.181 e. The van der Waals surface area contributed by atoms with E-state index in [4.69, 9.17) is 4.74 Å². The number of aliphatic hydroxyl groups excluding tert-OH is 1. The van der Waals surface area contributed by atoms with Crippen LogP contribution in [-0.2, 0) is 0 Å². The number of benzene rings is 2. The third-order valence-electron chi connectivity index (χ3n) is 4.95. The number of fused-ring (bicyclic) bond motifs is 1. The molecule has 2 aromatic carbocycles. The fourth-order valence-electron chi connectivity index (χ4n) is 3.48. The Hall–Kier alpha value is -3.18. The topological polar surface area (TPSA) is 71.0 Å². The highest BCUT2D eigenvalue weighted by atomic mass is 16.5. The number of ether oxygens (including phenoxy) is 1.